The van der Waals surface area contributed by atoms with E-state index in [0.717, 1.165) is 11.0 Å². The summed E-state index contributed by atoms with van der Waals surface area (Å²) in [7, 11) is 1.57. The lowest BCUT2D eigenvalue weighted by Gasteiger charge is -2.14. The van der Waals surface area contributed by atoms with Gasteiger partial charge in [-0.25, -0.2) is 9.97 Å². The zero-order valence-electron chi connectivity index (χ0n) is 14.0. The topological polar surface area (TPSA) is 71.8 Å². The smallest absolute Gasteiger partial charge is 0.252 e. The minimum Gasteiger partial charge on any atom is -0.355 e. The van der Waals surface area contributed by atoms with Crippen molar-refractivity contribution in [3.8, 4) is 0 Å². The summed E-state index contributed by atoms with van der Waals surface area (Å²) in [4.78, 5) is 20.9. The third-order valence-corrected chi connectivity index (χ3v) is 4.51. The molecule has 0 saturated heterocycles. The van der Waals surface area contributed by atoms with Gasteiger partial charge in [0.05, 0.1) is 22.4 Å². The molecule has 0 aliphatic carbocycles. The van der Waals surface area contributed by atoms with E-state index in [1.807, 2.05) is 10.6 Å². The van der Waals surface area contributed by atoms with Gasteiger partial charge in [-0.1, -0.05) is 11.6 Å². The molecule has 3 aromatic rings. The summed E-state index contributed by atoms with van der Waals surface area (Å²) >= 11 is 9.53. The van der Waals surface area contributed by atoms with Crippen molar-refractivity contribution >= 4 is 56.0 Å². The van der Waals surface area contributed by atoms with E-state index in [2.05, 4.69) is 50.4 Å². The van der Waals surface area contributed by atoms with Gasteiger partial charge in [-0.15, -0.1) is 0 Å². The van der Waals surface area contributed by atoms with Crippen LogP contribution in [0.15, 0.2) is 35.2 Å². The Kier molecular flexibility index (Phi) is 4.96. The van der Waals surface area contributed by atoms with Crippen molar-refractivity contribution in [3.05, 3.63) is 45.8 Å². The van der Waals surface area contributed by atoms with Crippen molar-refractivity contribution in [1.29, 1.82) is 0 Å². The van der Waals surface area contributed by atoms with E-state index < -0.39 is 0 Å². The van der Waals surface area contributed by atoms with Crippen molar-refractivity contribution in [3.63, 3.8) is 0 Å². The van der Waals surface area contributed by atoms with Gasteiger partial charge >= 0.3 is 0 Å². The van der Waals surface area contributed by atoms with Gasteiger partial charge in [0, 0.05) is 18.8 Å². The maximum absolute atomic E-state index is 11.9. The Morgan fingerprint density at radius 3 is 2.76 bits per heavy atom. The van der Waals surface area contributed by atoms with Crippen LogP contribution in [-0.4, -0.2) is 27.5 Å². The van der Waals surface area contributed by atoms with Crippen LogP contribution in [0.3, 0.4) is 0 Å². The summed E-state index contributed by atoms with van der Waals surface area (Å²) in [6.45, 7) is 4.16. The molecule has 1 aromatic carbocycles. The van der Waals surface area contributed by atoms with Crippen LogP contribution in [0.5, 0.6) is 0 Å². The first-order valence-corrected chi connectivity index (χ1v) is 8.89. The molecule has 0 unspecified atom stereocenters. The third-order valence-electron chi connectivity index (χ3n) is 3.78. The zero-order chi connectivity index (χ0) is 18.1. The molecular formula is C17H17BrClN5O. The van der Waals surface area contributed by atoms with Crippen LogP contribution in [0.2, 0.25) is 5.02 Å². The molecule has 2 N–H and O–H groups in total. The van der Waals surface area contributed by atoms with E-state index in [1.165, 1.54) is 0 Å². The second-order valence-corrected chi connectivity index (χ2v) is 7.03. The average molecular weight is 423 g/mol. The lowest BCUT2D eigenvalue weighted by Crippen LogP contribution is -2.18. The van der Waals surface area contributed by atoms with Crippen LogP contribution in [0.1, 0.15) is 30.2 Å². The summed E-state index contributed by atoms with van der Waals surface area (Å²) in [5, 5.41) is 6.25. The van der Waals surface area contributed by atoms with Gasteiger partial charge in [0.2, 0.25) is 0 Å². The summed E-state index contributed by atoms with van der Waals surface area (Å²) in [5.41, 5.74) is 2.84. The zero-order valence-corrected chi connectivity index (χ0v) is 16.3. The maximum atomic E-state index is 11.9. The molecule has 0 fully saturated rings. The second kappa shape index (κ2) is 7.01. The van der Waals surface area contributed by atoms with Crippen molar-refractivity contribution < 1.29 is 4.79 Å². The molecule has 6 nitrogen and oxygen atoms in total. The van der Waals surface area contributed by atoms with Crippen LogP contribution >= 0.6 is 27.5 Å². The number of anilines is 2. The Balaban J connectivity index is 2.09. The number of imidazole rings is 1. The first-order chi connectivity index (χ1) is 11.9. The first kappa shape index (κ1) is 17.7. The molecule has 0 radical (unpaired) electrons. The predicted octanol–water partition coefficient (Wildman–Crippen LogP) is 4.53. The van der Waals surface area contributed by atoms with E-state index in [4.69, 9.17) is 11.6 Å². The highest BCUT2D eigenvalue weighted by Crippen LogP contribution is 2.30. The number of nitrogens with one attached hydrogen (secondary N) is 2. The van der Waals surface area contributed by atoms with E-state index in [1.54, 1.807) is 31.6 Å². The lowest BCUT2D eigenvalue weighted by atomic mass is 10.2. The molecule has 2 aromatic heterocycles. The summed E-state index contributed by atoms with van der Waals surface area (Å²) in [5.74, 6) is 0.411. The molecule has 25 heavy (non-hydrogen) atoms. The SMILES string of the molecule is CNC(=O)c1cc(Nc2nc(Br)cc3ncn(C(C)C)c23)ccc1Cl. The van der Waals surface area contributed by atoms with E-state index in [-0.39, 0.29) is 11.9 Å². The molecule has 2 heterocycles. The summed E-state index contributed by atoms with van der Waals surface area (Å²) in [6.07, 6.45) is 1.80. The van der Waals surface area contributed by atoms with Crippen LogP contribution in [0, 0.1) is 0 Å². The number of amides is 1. The largest absolute Gasteiger partial charge is 0.355 e. The van der Waals surface area contributed by atoms with Gasteiger partial charge in [-0.05, 0) is 54.0 Å². The highest BCUT2D eigenvalue weighted by molar-refractivity contribution is 9.10. The maximum Gasteiger partial charge on any atom is 0.252 e. The number of fused-ring (bicyclic) bond motifs is 1. The molecule has 0 atom stereocenters. The fraction of sp³-hybridized carbons (Fsp3) is 0.235. The molecule has 3 rings (SSSR count). The molecule has 0 bridgehead atoms. The number of carbonyl (C=O) groups is 1. The van der Waals surface area contributed by atoms with Crippen LogP contribution in [0.4, 0.5) is 11.5 Å². The minimum atomic E-state index is -0.242. The molecule has 0 spiro atoms. The quantitative estimate of drug-likeness (QED) is 0.606. The number of hydrogen-bond acceptors (Lipinski definition) is 4. The van der Waals surface area contributed by atoms with Crippen LogP contribution in [-0.2, 0) is 0 Å². The highest BCUT2D eigenvalue weighted by atomic mass is 79.9. The number of pyridine rings is 1. The van der Waals surface area contributed by atoms with Crippen molar-refractivity contribution in [2.45, 2.75) is 19.9 Å². The Hall–Kier alpha value is -2.12. The van der Waals surface area contributed by atoms with Gasteiger partial charge in [0.25, 0.3) is 5.91 Å². The monoisotopic (exact) mass is 421 g/mol. The van der Waals surface area contributed by atoms with Crippen molar-refractivity contribution in [1.82, 2.24) is 19.9 Å². The Morgan fingerprint density at radius 2 is 2.08 bits per heavy atom. The van der Waals surface area contributed by atoms with E-state index in [9.17, 15) is 4.79 Å². The van der Waals surface area contributed by atoms with Gasteiger partial charge in [0.15, 0.2) is 5.82 Å². The number of nitrogens with zero attached hydrogens (tertiary/aromatic N) is 3. The minimum absolute atomic E-state index is 0.236. The number of rotatable bonds is 4. The Labute approximate surface area is 158 Å². The summed E-state index contributed by atoms with van der Waals surface area (Å²) in [6, 6.07) is 7.30. The Bertz CT molecular complexity index is 954. The van der Waals surface area contributed by atoms with E-state index in [0.29, 0.717) is 26.7 Å². The predicted molar refractivity (Wildman–Crippen MR) is 104 cm³/mol. The van der Waals surface area contributed by atoms with Crippen molar-refractivity contribution in [2.75, 3.05) is 12.4 Å². The van der Waals surface area contributed by atoms with Gasteiger partial charge in [-0.2, -0.15) is 0 Å². The number of hydrogen-bond donors (Lipinski definition) is 2. The number of carbonyl (C=O) groups excluding carboxylic acids is 1. The fourth-order valence-electron chi connectivity index (χ4n) is 2.56. The number of aromatic nitrogens is 3. The molecule has 8 heteroatoms. The van der Waals surface area contributed by atoms with Crippen LogP contribution in [0.25, 0.3) is 11.0 Å². The fourth-order valence-corrected chi connectivity index (χ4v) is 3.15. The molecular weight excluding hydrogens is 406 g/mol. The highest BCUT2D eigenvalue weighted by Gasteiger charge is 2.15. The molecule has 0 aliphatic heterocycles. The lowest BCUT2D eigenvalue weighted by molar-refractivity contribution is 0.0963. The number of halogens is 2. The van der Waals surface area contributed by atoms with Gasteiger partial charge < -0.3 is 15.2 Å². The summed E-state index contributed by atoms with van der Waals surface area (Å²) < 4.78 is 2.73. The van der Waals surface area contributed by atoms with Gasteiger partial charge in [-0.3, -0.25) is 4.79 Å². The normalized spacial score (nSPS) is 11.1. The molecule has 1 amide bonds. The van der Waals surface area contributed by atoms with Crippen molar-refractivity contribution in [2.24, 2.45) is 0 Å². The Morgan fingerprint density at radius 1 is 1.32 bits per heavy atom. The van der Waals surface area contributed by atoms with E-state index >= 15 is 0 Å². The standard InChI is InChI=1S/C17H17BrClN5O/c1-9(2)24-8-21-13-7-14(18)23-16(15(13)24)22-10-4-5-12(19)11(6-10)17(25)20-3/h4-9H,1-3H3,(H,20,25)(H,22,23). The van der Waals surface area contributed by atoms with Crippen LogP contribution < -0.4 is 10.6 Å². The van der Waals surface area contributed by atoms with Gasteiger partial charge in [0.1, 0.15) is 10.1 Å². The number of benzene rings is 1. The third kappa shape index (κ3) is 3.48. The first-order valence-electron chi connectivity index (χ1n) is 7.72. The molecule has 0 aliphatic rings. The molecule has 0 saturated carbocycles. The molecule has 130 valence electrons. The average Bonchev–Trinajstić information content (AvgIpc) is 3.00. The second-order valence-electron chi connectivity index (χ2n) is 5.81.